The number of piperidine rings is 1. The van der Waals surface area contributed by atoms with E-state index in [1.54, 1.807) is 12.4 Å². The van der Waals surface area contributed by atoms with Crippen LogP contribution in [-0.2, 0) is 11.2 Å². The van der Waals surface area contributed by atoms with Crippen molar-refractivity contribution in [2.24, 2.45) is 5.92 Å². The molecule has 0 bridgehead atoms. The molecule has 2 heterocycles. The Labute approximate surface area is 127 Å². The van der Waals surface area contributed by atoms with Gasteiger partial charge in [-0.2, -0.15) is 0 Å². The molecule has 21 heavy (non-hydrogen) atoms. The summed E-state index contributed by atoms with van der Waals surface area (Å²) in [5, 5.41) is 3.38. The fraction of sp³-hybridized carbons (Fsp3) is 0.647. The van der Waals surface area contributed by atoms with E-state index >= 15 is 0 Å². The Morgan fingerprint density at radius 1 is 1.33 bits per heavy atom. The van der Waals surface area contributed by atoms with Crippen LogP contribution in [0.2, 0.25) is 0 Å². The van der Waals surface area contributed by atoms with Gasteiger partial charge in [-0.15, -0.1) is 0 Å². The maximum Gasteiger partial charge on any atom is 0.223 e. The Morgan fingerprint density at radius 2 is 2.00 bits per heavy atom. The Morgan fingerprint density at radius 3 is 2.62 bits per heavy atom. The van der Waals surface area contributed by atoms with Crippen molar-refractivity contribution >= 4 is 5.91 Å². The lowest BCUT2D eigenvalue weighted by Gasteiger charge is -2.33. The Balaban J connectivity index is 1.86. The second-order valence-electron chi connectivity index (χ2n) is 6.19. The molecule has 1 aliphatic heterocycles. The van der Waals surface area contributed by atoms with E-state index in [0.717, 1.165) is 26.1 Å². The summed E-state index contributed by atoms with van der Waals surface area (Å²) in [4.78, 5) is 18.6. The van der Waals surface area contributed by atoms with Gasteiger partial charge in [0, 0.05) is 31.4 Å². The number of carbonyl (C=O) groups excluding carboxylic acids is 1. The molecule has 0 saturated carbocycles. The molecule has 1 aromatic rings. The first-order valence-corrected chi connectivity index (χ1v) is 8.06. The van der Waals surface area contributed by atoms with Crippen molar-refractivity contribution in [3.05, 3.63) is 30.1 Å². The molecule has 4 nitrogen and oxygen atoms in total. The van der Waals surface area contributed by atoms with Gasteiger partial charge in [0.25, 0.3) is 0 Å². The van der Waals surface area contributed by atoms with Crippen LogP contribution < -0.4 is 5.32 Å². The molecule has 1 N–H and O–H groups in total. The molecule has 0 spiro atoms. The third-order valence-corrected chi connectivity index (χ3v) is 4.23. The van der Waals surface area contributed by atoms with Crippen molar-refractivity contribution in [3.63, 3.8) is 0 Å². The summed E-state index contributed by atoms with van der Waals surface area (Å²) in [6.07, 6.45) is 7.33. The summed E-state index contributed by atoms with van der Waals surface area (Å²) in [6.45, 7) is 7.31. The molecule has 0 aromatic carbocycles. The zero-order valence-electron chi connectivity index (χ0n) is 13.2. The van der Waals surface area contributed by atoms with E-state index in [9.17, 15) is 4.79 Å². The van der Waals surface area contributed by atoms with Gasteiger partial charge < -0.3 is 10.2 Å². The molecule has 4 heteroatoms. The van der Waals surface area contributed by atoms with Crippen LogP contribution in [0.3, 0.4) is 0 Å². The minimum Gasteiger partial charge on any atom is -0.340 e. The SMILES string of the molecule is CC(C)N(CC1CCNCC1)C(=O)CCc1ccncc1. The number of aryl methyl sites for hydroxylation is 1. The third kappa shape index (κ3) is 5.12. The van der Waals surface area contributed by atoms with E-state index in [4.69, 9.17) is 0 Å². The Hall–Kier alpha value is -1.42. The quantitative estimate of drug-likeness (QED) is 0.873. The zero-order chi connectivity index (χ0) is 15.1. The fourth-order valence-electron chi connectivity index (χ4n) is 2.89. The van der Waals surface area contributed by atoms with Crippen LogP contribution in [0.15, 0.2) is 24.5 Å². The second-order valence-corrected chi connectivity index (χ2v) is 6.19. The number of hydrogen-bond donors (Lipinski definition) is 1. The van der Waals surface area contributed by atoms with Crippen LogP contribution in [0.4, 0.5) is 0 Å². The van der Waals surface area contributed by atoms with Crippen molar-refractivity contribution in [2.45, 2.75) is 45.6 Å². The predicted molar refractivity (Wildman–Crippen MR) is 85.0 cm³/mol. The summed E-state index contributed by atoms with van der Waals surface area (Å²) in [5.74, 6) is 0.930. The van der Waals surface area contributed by atoms with Gasteiger partial charge in [0.15, 0.2) is 0 Å². The molecule has 1 aromatic heterocycles. The molecule has 0 radical (unpaired) electrons. The maximum absolute atomic E-state index is 12.5. The summed E-state index contributed by atoms with van der Waals surface area (Å²) >= 11 is 0. The highest BCUT2D eigenvalue weighted by atomic mass is 16.2. The third-order valence-electron chi connectivity index (χ3n) is 4.23. The number of carbonyl (C=O) groups is 1. The molecule has 1 saturated heterocycles. The monoisotopic (exact) mass is 289 g/mol. The van der Waals surface area contributed by atoms with Crippen molar-refractivity contribution in [3.8, 4) is 0 Å². The van der Waals surface area contributed by atoms with Crippen LogP contribution in [0.25, 0.3) is 0 Å². The molecule has 2 rings (SSSR count). The lowest BCUT2D eigenvalue weighted by atomic mass is 9.96. The van der Waals surface area contributed by atoms with E-state index in [1.165, 1.54) is 18.4 Å². The number of rotatable bonds is 6. The van der Waals surface area contributed by atoms with Crippen LogP contribution in [0, 0.1) is 5.92 Å². The topological polar surface area (TPSA) is 45.2 Å². The largest absolute Gasteiger partial charge is 0.340 e. The van der Waals surface area contributed by atoms with Gasteiger partial charge in [-0.3, -0.25) is 9.78 Å². The smallest absolute Gasteiger partial charge is 0.223 e. The maximum atomic E-state index is 12.5. The number of hydrogen-bond acceptors (Lipinski definition) is 3. The molecule has 0 unspecified atom stereocenters. The number of pyridine rings is 1. The molecular weight excluding hydrogens is 262 g/mol. The number of aromatic nitrogens is 1. The molecular formula is C17H27N3O. The van der Waals surface area contributed by atoms with Gasteiger partial charge in [-0.25, -0.2) is 0 Å². The zero-order valence-corrected chi connectivity index (χ0v) is 13.2. The lowest BCUT2D eigenvalue weighted by Crippen LogP contribution is -2.43. The molecule has 1 fully saturated rings. The average Bonchev–Trinajstić information content (AvgIpc) is 2.52. The van der Waals surface area contributed by atoms with Gasteiger partial charge in [-0.1, -0.05) is 0 Å². The molecule has 1 aliphatic rings. The van der Waals surface area contributed by atoms with Crippen molar-refractivity contribution in [1.82, 2.24) is 15.2 Å². The van der Waals surface area contributed by atoms with Gasteiger partial charge in [0.1, 0.15) is 0 Å². The van der Waals surface area contributed by atoms with Crippen LogP contribution >= 0.6 is 0 Å². The van der Waals surface area contributed by atoms with Gasteiger partial charge in [-0.05, 0) is 69.8 Å². The molecule has 0 atom stereocenters. The van der Waals surface area contributed by atoms with Gasteiger partial charge >= 0.3 is 0 Å². The number of nitrogens with zero attached hydrogens (tertiary/aromatic N) is 2. The van der Waals surface area contributed by atoms with E-state index < -0.39 is 0 Å². The first-order chi connectivity index (χ1) is 10.2. The van der Waals surface area contributed by atoms with E-state index in [2.05, 4.69) is 29.0 Å². The summed E-state index contributed by atoms with van der Waals surface area (Å²) < 4.78 is 0. The lowest BCUT2D eigenvalue weighted by molar-refractivity contribution is -0.133. The summed E-state index contributed by atoms with van der Waals surface area (Å²) in [7, 11) is 0. The van der Waals surface area contributed by atoms with Crippen molar-refractivity contribution in [2.75, 3.05) is 19.6 Å². The Kier molecular flexibility index (Phi) is 6.18. The van der Waals surface area contributed by atoms with E-state index in [1.807, 2.05) is 12.1 Å². The molecule has 116 valence electrons. The molecule has 0 aliphatic carbocycles. The van der Waals surface area contributed by atoms with E-state index in [-0.39, 0.29) is 11.9 Å². The van der Waals surface area contributed by atoms with Crippen LogP contribution in [-0.4, -0.2) is 41.5 Å². The predicted octanol–water partition coefficient (Wildman–Crippen LogP) is 2.25. The number of nitrogens with one attached hydrogen (secondary N) is 1. The first kappa shape index (κ1) is 16.0. The highest BCUT2D eigenvalue weighted by Crippen LogP contribution is 2.16. The first-order valence-electron chi connectivity index (χ1n) is 8.06. The fourth-order valence-corrected chi connectivity index (χ4v) is 2.89. The summed E-state index contributed by atoms with van der Waals surface area (Å²) in [6, 6.07) is 4.25. The standard InChI is InChI=1S/C17H27N3O/c1-14(2)20(13-16-7-11-19-12-8-16)17(21)4-3-15-5-9-18-10-6-15/h5-6,9-10,14,16,19H,3-4,7-8,11-13H2,1-2H3. The summed E-state index contributed by atoms with van der Waals surface area (Å²) in [5.41, 5.74) is 1.18. The Bertz CT molecular complexity index is 427. The van der Waals surface area contributed by atoms with Crippen molar-refractivity contribution in [1.29, 1.82) is 0 Å². The highest BCUT2D eigenvalue weighted by molar-refractivity contribution is 5.76. The molecule has 1 amide bonds. The second kappa shape index (κ2) is 8.13. The van der Waals surface area contributed by atoms with Gasteiger partial charge in [0.05, 0.1) is 0 Å². The average molecular weight is 289 g/mol. The normalized spacial score (nSPS) is 16.1. The van der Waals surface area contributed by atoms with Gasteiger partial charge in [0.2, 0.25) is 5.91 Å². The highest BCUT2D eigenvalue weighted by Gasteiger charge is 2.22. The minimum atomic E-state index is 0.278. The van der Waals surface area contributed by atoms with Crippen LogP contribution in [0.5, 0.6) is 0 Å². The van der Waals surface area contributed by atoms with E-state index in [0.29, 0.717) is 12.3 Å². The number of amides is 1. The van der Waals surface area contributed by atoms with Crippen LogP contribution in [0.1, 0.15) is 38.7 Å². The minimum absolute atomic E-state index is 0.278. The van der Waals surface area contributed by atoms with Crippen molar-refractivity contribution < 1.29 is 4.79 Å².